The van der Waals surface area contributed by atoms with E-state index in [-0.39, 0.29) is 5.97 Å². The molecular formula is C18H17IO2-. The molecule has 109 valence electrons. The monoisotopic (exact) mass is 392 g/mol. The smallest absolute Gasteiger partial charge is 0.343 e. The van der Waals surface area contributed by atoms with Crippen molar-refractivity contribution in [2.45, 2.75) is 20.8 Å². The van der Waals surface area contributed by atoms with Crippen LogP contribution in [0.3, 0.4) is 0 Å². The molecular weight excluding hydrogens is 375 g/mol. The fourth-order valence-electron chi connectivity index (χ4n) is 2.33. The summed E-state index contributed by atoms with van der Waals surface area (Å²) < 4.78 is 6.23. The van der Waals surface area contributed by atoms with Crippen LogP contribution in [0.15, 0.2) is 48.7 Å². The van der Waals surface area contributed by atoms with Gasteiger partial charge < -0.3 is 27.3 Å². The van der Waals surface area contributed by atoms with E-state index in [1.807, 2.05) is 63.2 Å². The predicted octanol–water partition coefficient (Wildman–Crippen LogP) is 1.32. The minimum Gasteiger partial charge on any atom is -0.755 e. The van der Waals surface area contributed by atoms with E-state index in [1.54, 1.807) is 0 Å². The highest BCUT2D eigenvalue weighted by Crippen LogP contribution is 2.18. The minimum absolute atomic E-state index is 0.310. The number of ether oxygens (including phenoxy) is 1. The summed E-state index contributed by atoms with van der Waals surface area (Å²) in [6.45, 7) is 5.89. The Kier molecular flexibility index (Phi) is 5.17. The van der Waals surface area contributed by atoms with Crippen molar-refractivity contribution in [2.24, 2.45) is 0 Å². The summed E-state index contributed by atoms with van der Waals surface area (Å²) in [5, 5.41) is 0. The van der Waals surface area contributed by atoms with Crippen molar-refractivity contribution >= 4 is 9.55 Å². The molecule has 0 amide bonds. The molecule has 0 aliphatic heterocycles. The third-order valence-corrected chi connectivity index (χ3v) is 4.08. The standard InChI is InChI=1S/C18H17IO2/c1-12-9-13(2)17(14(3)10-12)18(20)21-11-16(19)15-7-5-4-6-8-15/h4-11H,1-3H3/q-1/b16-11-. The highest BCUT2D eigenvalue weighted by atomic mass is 127. The highest BCUT2D eigenvalue weighted by Gasteiger charge is 2.13. The third-order valence-electron chi connectivity index (χ3n) is 3.20. The zero-order valence-electron chi connectivity index (χ0n) is 12.3. The van der Waals surface area contributed by atoms with Crippen molar-refractivity contribution in [3.63, 3.8) is 0 Å². The number of carbonyl (C=O) groups is 1. The molecule has 0 fully saturated rings. The Balaban J connectivity index is 2.20. The maximum atomic E-state index is 12.3. The maximum absolute atomic E-state index is 12.3. The number of rotatable bonds is 3. The Bertz CT molecular complexity index is 665. The van der Waals surface area contributed by atoms with Crippen LogP contribution in [0.5, 0.6) is 0 Å². The molecule has 21 heavy (non-hydrogen) atoms. The van der Waals surface area contributed by atoms with Crippen molar-refractivity contribution < 1.29 is 32.1 Å². The van der Waals surface area contributed by atoms with Crippen LogP contribution in [0.1, 0.15) is 32.6 Å². The first kappa shape index (κ1) is 15.8. The molecule has 2 aromatic carbocycles. The van der Waals surface area contributed by atoms with Crippen LogP contribution >= 0.6 is 0 Å². The van der Waals surface area contributed by atoms with E-state index in [0.717, 1.165) is 25.8 Å². The highest BCUT2D eigenvalue weighted by molar-refractivity contribution is 5.93. The molecule has 0 saturated heterocycles. The first-order chi connectivity index (χ1) is 9.99. The van der Waals surface area contributed by atoms with Crippen LogP contribution in [0.4, 0.5) is 0 Å². The lowest BCUT2D eigenvalue weighted by atomic mass is 10.0. The molecule has 0 bridgehead atoms. The summed E-state index contributed by atoms with van der Waals surface area (Å²) >= 11 is 2.17. The number of carbonyl (C=O) groups excluding carboxylic acids is 1. The molecule has 2 aromatic rings. The fourth-order valence-corrected chi connectivity index (χ4v) is 2.82. The van der Waals surface area contributed by atoms with Crippen LogP contribution in [-0.4, -0.2) is 5.97 Å². The second-order valence-electron chi connectivity index (χ2n) is 5.01. The fraction of sp³-hybridized carbons (Fsp3) is 0.167. The van der Waals surface area contributed by atoms with Gasteiger partial charge in [-0.15, -0.1) is 3.58 Å². The van der Waals surface area contributed by atoms with Crippen molar-refractivity contribution in [2.75, 3.05) is 0 Å². The molecule has 0 aromatic heterocycles. The van der Waals surface area contributed by atoms with Gasteiger partial charge in [-0.05, 0) is 37.5 Å². The summed E-state index contributed by atoms with van der Waals surface area (Å²) in [4.78, 5) is 12.3. The van der Waals surface area contributed by atoms with Gasteiger partial charge in [-0.1, -0.05) is 48.0 Å². The van der Waals surface area contributed by atoms with Gasteiger partial charge in [-0.25, -0.2) is 4.79 Å². The van der Waals surface area contributed by atoms with Gasteiger partial charge in [-0.2, -0.15) is 0 Å². The van der Waals surface area contributed by atoms with E-state index in [4.69, 9.17) is 4.74 Å². The lowest BCUT2D eigenvalue weighted by Gasteiger charge is -2.13. The first-order valence-electron chi connectivity index (χ1n) is 6.69. The van der Waals surface area contributed by atoms with Gasteiger partial charge in [0.25, 0.3) is 0 Å². The molecule has 2 nitrogen and oxygen atoms in total. The molecule has 3 heteroatoms. The Morgan fingerprint density at radius 3 is 2.19 bits per heavy atom. The Labute approximate surface area is 139 Å². The molecule has 0 aliphatic carbocycles. The van der Waals surface area contributed by atoms with Crippen LogP contribution in [0.2, 0.25) is 0 Å². The molecule has 0 aliphatic rings. The molecule has 0 N–H and O–H groups in total. The molecule has 0 saturated carbocycles. The van der Waals surface area contributed by atoms with E-state index in [0.29, 0.717) is 5.56 Å². The summed E-state index contributed by atoms with van der Waals surface area (Å²) in [6, 6.07) is 13.8. The number of hydrogen-bond acceptors (Lipinski definition) is 2. The molecule has 2 rings (SSSR count). The number of esters is 1. The van der Waals surface area contributed by atoms with E-state index < -0.39 is 0 Å². The van der Waals surface area contributed by atoms with Crippen LogP contribution in [0, 0.1) is 20.8 Å². The molecule has 0 spiro atoms. The Morgan fingerprint density at radius 1 is 1.05 bits per heavy atom. The number of halogens is 1. The van der Waals surface area contributed by atoms with Crippen molar-refractivity contribution in [1.82, 2.24) is 0 Å². The third kappa shape index (κ3) is 3.94. The minimum atomic E-state index is -0.310. The first-order valence-corrected chi connectivity index (χ1v) is 7.77. The Morgan fingerprint density at radius 2 is 1.62 bits per heavy atom. The van der Waals surface area contributed by atoms with Gasteiger partial charge in [-0.3, -0.25) is 0 Å². The largest absolute Gasteiger partial charge is 0.755 e. The van der Waals surface area contributed by atoms with Gasteiger partial charge in [0, 0.05) is 0 Å². The molecule has 0 unspecified atom stereocenters. The van der Waals surface area contributed by atoms with Gasteiger partial charge >= 0.3 is 5.97 Å². The second-order valence-corrected chi connectivity index (χ2v) is 6.17. The van der Waals surface area contributed by atoms with Crippen molar-refractivity contribution in [1.29, 1.82) is 0 Å². The number of aryl methyl sites for hydroxylation is 3. The van der Waals surface area contributed by atoms with Gasteiger partial charge in [0.15, 0.2) is 0 Å². The van der Waals surface area contributed by atoms with E-state index in [9.17, 15) is 4.79 Å². The van der Waals surface area contributed by atoms with E-state index >= 15 is 0 Å². The SMILES string of the molecule is Cc1cc(C)c(C(=O)O/C=C(\[I-])c2ccccc2)c(C)c1. The molecule has 1 radical (unpaired) electrons. The quantitative estimate of drug-likeness (QED) is 0.448. The number of hydrogen-bond donors (Lipinski definition) is 0. The van der Waals surface area contributed by atoms with Crippen molar-refractivity contribution in [3.05, 3.63) is 76.5 Å². The normalized spacial score (nSPS) is 11.3. The average molecular weight is 392 g/mol. The molecule has 0 atom stereocenters. The maximum Gasteiger partial charge on any atom is 0.343 e. The van der Waals surface area contributed by atoms with Crippen LogP contribution in [-0.2, 0) is 4.74 Å². The zero-order chi connectivity index (χ0) is 15.4. The van der Waals surface area contributed by atoms with Gasteiger partial charge in [0.2, 0.25) is 0 Å². The lowest BCUT2D eigenvalue weighted by Crippen LogP contribution is -3.32. The predicted molar refractivity (Wildman–Crippen MR) is 80.5 cm³/mol. The summed E-state index contributed by atoms with van der Waals surface area (Å²) in [5.41, 5.74) is 4.72. The van der Waals surface area contributed by atoms with E-state index in [2.05, 4.69) is 22.6 Å². The summed E-state index contributed by atoms with van der Waals surface area (Å²) in [5.74, 6) is -0.310. The number of benzene rings is 2. The van der Waals surface area contributed by atoms with E-state index in [1.165, 1.54) is 6.26 Å². The van der Waals surface area contributed by atoms with Crippen molar-refractivity contribution in [3.8, 4) is 0 Å². The summed E-state index contributed by atoms with van der Waals surface area (Å²) in [7, 11) is 0. The average Bonchev–Trinajstić information content (AvgIpc) is 2.44. The Hall–Kier alpha value is -1.62. The summed E-state index contributed by atoms with van der Waals surface area (Å²) in [6.07, 6.45) is 1.51. The lowest BCUT2D eigenvalue weighted by molar-refractivity contribution is -0.245. The topological polar surface area (TPSA) is 26.3 Å². The van der Waals surface area contributed by atoms with Crippen LogP contribution < -0.4 is 22.6 Å². The molecule has 0 heterocycles. The zero-order valence-corrected chi connectivity index (χ0v) is 14.5. The van der Waals surface area contributed by atoms with Crippen LogP contribution in [0.25, 0.3) is 3.58 Å². The second kappa shape index (κ2) is 6.89. The van der Waals surface area contributed by atoms with Gasteiger partial charge in [0.1, 0.15) is 0 Å². The van der Waals surface area contributed by atoms with Gasteiger partial charge in [0.05, 0.1) is 11.8 Å².